The zero-order valence-corrected chi connectivity index (χ0v) is 10.6. The Bertz CT molecular complexity index is 447. The molecule has 0 radical (unpaired) electrons. The highest BCUT2D eigenvalue weighted by atomic mass is 16.5. The fourth-order valence-corrected chi connectivity index (χ4v) is 1.96. The highest BCUT2D eigenvalue weighted by Crippen LogP contribution is 2.47. The fourth-order valence-electron chi connectivity index (χ4n) is 1.96. The maximum Gasteiger partial charge on any atom is 0.360 e. The number of carbonyl (C=O) groups is 1. The van der Waals surface area contributed by atoms with Crippen molar-refractivity contribution in [1.82, 2.24) is 9.55 Å². The molecule has 0 atom stereocenters. The summed E-state index contributed by atoms with van der Waals surface area (Å²) < 4.78 is 6.64. The zero-order valence-electron chi connectivity index (χ0n) is 10.6. The number of esters is 1. The Kier molecular flexibility index (Phi) is 2.85. The van der Waals surface area contributed by atoms with E-state index in [9.17, 15) is 4.79 Å². The second-order valence-corrected chi connectivity index (χ2v) is 5.00. The molecule has 0 aliphatic heterocycles. The molecule has 17 heavy (non-hydrogen) atoms. The predicted molar refractivity (Wildman–Crippen MR) is 64.7 cm³/mol. The number of hydrogen-bond acceptors (Lipinski definition) is 4. The standard InChI is InChI=1S/C12H19N3O2/c1-4-8-14-9(11(16)17-3)10(13)15(8)7-12(2)5-6-12/h4-7,13H2,1-3H3. The van der Waals surface area contributed by atoms with Gasteiger partial charge in [-0.15, -0.1) is 0 Å². The second kappa shape index (κ2) is 4.05. The molecule has 5 nitrogen and oxygen atoms in total. The summed E-state index contributed by atoms with van der Waals surface area (Å²) in [5.41, 5.74) is 6.56. The van der Waals surface area contributed by atoms with Crippen LogP contribution in [0.2, 0.25) is 0 Å². The molecule has 1 aliphatic carbocycles. The second-order valence-electron chi connectivity index (χ2n) is 5.00. The number of nitrogen functional groups attached to an aromatic ring is 1. The normalized spacial score (nSPS) is 16.9. The zero-order chi connectivity index (χ0) is 12.6. The molecular formula is C12H19N3O2. The summed E-state index contributed by atoms with van der Waals surface area (Å²) >= 11 is 0. The Labute approximate surface area is 101 Å². The summed E-state index contributed by atoms with van der Waals surface area (Å²) in [6, 6.07) is 0. The van der Waals surface area contributed by atoms with Gasteiger partial charge in [0.2, 0.25) is 0 Å². The van der Waals surface area contributed by atoms with Gasteiger partial charge in [0.15, 0.2) is 5.69 Å². The predicted octanol–water partition coefficient (Wildman–Crippen LogP) is 1.61. The molecule has 94 valence electrons. The number of carbonyl (C=O) groups excluding carboxylic acids is 1. The monoisotopic (exact) mass is 237 g/mol. The first-order valence-corrected chi connectivity index (χ1v) is 5.94. The van der Waals surface area contributed by atoms with E-state index in [2.05, 4.69) is 16.6 Å². The number of imidazole rings is 1. The first kappa shape index (κ1) is 12.0. The van der Waals surface area contributed by atoms with Crippen LogP contribution < -0.4 is 5.73 Å². The molecule has 0 spiro atoms. The Morgan fingerprint density at radius 2 is 2.24 bits per heavy atom. The molecule has 1 aromatic heterocycles. The van der Waals surface area contributed by atoms with Gasteiger partial charge in [0.25, 0.3) is 0 Å². The maximum atomic E-state index is 11.5. The number of rotatable bonds is 4. The lowest BCUT2D eigenvalue weighted by molar-refractivity contribution is 0.0595. The maximum absolute atomic E-state index is 11.5. The van der Waals surface area contributed by atoms with Crippen molar-refractivity contribution in [2.24, 2.45) is 5.41 Å². The van der Waals surface area contributed by atoms with E-state index in [0.29, 0.717) is 11.2 Å². The van der Waals surface area contributed by atoms with Crippen molar-refractivity contribution in [3.8, 4) is 0 Å². The number of nitrogens with zero attached hydrogens (tertiary/aromatic N) is 2. The van der Waals surface area contributed by atoms with Crippen LogP contribution in [0.5, 0.6) is 0 Å². The minimum absolute atomic E-state index is 0.244. The van der Waals surface area contributed by atoms with Crippen molar-refractivity contribution >= 4 is 11.8 Å². The number of methoxy groups -OCH3 is 1. The SMILES string of the molecule is CCc1nc(C(=O)OC)c(N)n1CC1(C)CC1. The van der Waals surface area contributed by atoms with Crippen LogP contribution >= 0.6 is 0 Å². The van der Waals surface area contributed by atoms with Crippen molar-refractivity contribution in [3.63, 3.8) is 0 Å². The van der Waals surface area contributed by atoms with Crippen LogP contribution in [0.25, 0.3) is 0 Å². The van der Waals surface area contributed by atoms with Crippen molar-refractivity contribution in [2.45, 2.75) is 39.7 Å². The Balaban J connectivity index is 2.35. The summed E-state index contributed by atoms with van der Waals surface area (Å²) in [5, 5.41) is 0. The smallest absolute Gasteiger partial charge is 0.360 e. The van der Waals surface area contributed by atoms with E-state index in [1.165, 1.54) is 20.0 Å². The van der Waals surface area contributed by atoms with Gasteiger partial charge in [-0.05, 0) is 18.3 Å². The minimum atomic E-state index is -0.461. The van der Waals surface area contributed by atoms with Gasteiger partial charge in [-0.3, -0.25) is 0 Å². The van der Waals surface area contributed by atoms with Crippen molar-refractivity contribution < 1.29 is 9.53 Å². The average Bonchev–Trinajstić information content (AvgIpc) is 2.96. The number of nitrogens with two attached hydrogens (primary N) is 1. The molecule has 1 aromatic rings. The molecule has 0 amide bonds. The van der Waals surface area contributed by atoms with Crippen LogP contribution in [0.4, 0.5) is 5.82 Å². The van der Waals surface area contributed by atoms with Gasteiger partial charge in [-0.1, -0.05) is 13.8 Å². The van der Waals surface area contributed by atoms with E-state index in [0.717, 1.165) is 18.8 Å². The first-order valence-electron chi connectivity index (χ1n) is 5.94. The molecular weight excluding hydrogens is 218 g/mol. The van der Waals surface area contributed by atoms with Gasteiger partial charge in [0.1, 0.15) is 11.6 Å². The Morgan fingerprint density at radius 1 is 1.59 bits per heavy atom. The Morgan fingerprint density at radius 3 is 2.71 bits per heavy atom. The van der Waals surface area contributed by atoms with Gasteiger partial charge < -0.3 is 15.0 Å². The fraction of sp³-hybridized carbons (Fsp3) is 0.667. The van der Waals surface area contributed by atoms with E-state index in [1.807, 2.05) is 11.5 Å². The summed E-state index contributed by atoms with van der Waals surface area (Å²) in [6.07, 6.45) is 3.18. The number of anilines is 1. The highest BCUT2D eigenvalue weighted by molar-refractivity contribution is 5.92. The van der Waals surface area contributed by atoms with Gasteiger partial charge in [-0.2, -0.15) is 0 Å². The highest BCUT2D eigenvalue weighted by Gasteiger charge is 2.39. The quantitative estimate of drug-likeness (QED) is 0.808. The molecule has 2 N–H and O–H groups in total. The third-order valence-electron chi connectivity index (χ3n) is 3.42. The summed E-state index contributed by atoms with van der Waals surface area (Å²) in [5.74, 6) is 0.828. The molecule has 1 aliphatic rings. The first-order chi connectivity index (χ1) is 8.00. The topological polar surface area (TPSA) is 70.1 Å². The van der Waals surface area contributed by atoms with Crippen LogP contribution in [-0.2, 0) is 17.7 Å². The molecule has 0 bridgehead atoms. The molecule has 0 saturated heterocycles. The molecule has 1 saturated carbocycles. The Hall–Kier alpha value is -1.52. The number of aryl methyl sites for hydroxylation is 1. The van der Waals surface area contributed by atoms with Crippen molar-refractivity contribution in [1.29, 1.82) is 0 Å². The van der Waals surface area contributed by atoms with Crippen LogP contribution in [0, 0.1) is 5.41 Å². The van der Waals surface area contributed by atoms with E-state index in [1.54, 1.807) is 0 Å². The van der Waals surface area contributed by atoms with Gasteiger partial charge >= 0.3 is 5.97 Å². The van der Waals surface area contributed by atoms with Gasteiger partial charge in [-0.25, -0.2) is 9.78 Å². The van der Waals surface area contributed by atoms with Crippen LogP contribution in [-0.4, -0.2) is 22.6 Å². The number of aromatic nitrogens is 2. The number of hydrogen-bond donors (Lipinski definition) is 1. The third-order valence-corrected chi connectivity index (χ3v) is 3.42. The molecule has 5 heteroatoms. The average molecular weight is 237 g/mol. The molecule has 1 heterocycles. The lowest BCUT2D eigenvalue weighted by atomic mass is 10.1. The summed E-state index contributed by atoms with van der Waals surface area (Å²) in [7, 11) is 1.34. The van der Waals surface area contributed by atoms with E-state index in [-0.39, 0.29) is 5.69 Å². The molecule has 1 fully saturated rings. The van der Waals surface area contributed by atoms with E-state index < -0.39 is 5.97 Å². The van der Waals surface area contributed by atoms with Crippen LogP contribution in [0.1, 0.15) is 43.0 Å². The summed E-state index contributed by atoms with van der Waals surface area (Å²) in [4.78, 5) is 15.8. The third kappa shape index (κ3) is 2.14. The summed E-state index contributed by atoms with van der Waals surface area (Å²) in [6.45, 7) is 5.07. The lowest BCUT2D eigenvalue weighted by Gasteiger charge is -2.13. The molecule has 0 aromatic carbocycles. The lowest BCUT2D eigenvalue weighted by Crippen LogP contribution is -2.14. The number of ether oxygens (including phenoxy) is 1. The molecule has 0 unspecified atom stereocenters. The van der Waals surface area contributed by atoms with E-state index in [4.69, 9.17) is 5.73 Å². The largest absolute Gasteiger partial charge is 0.464 e. The van der Waals surface area contributed by atoms with Gasteiger partial charge in [0, 0.05) is 13.0 Å². The van der Waals surface area contributed by atoms with Gasteiger partial charge in [0.05, 0.1) is 7.11 Å². The van der Waals surface area contributed by atoms with Crippen LogP contribution in [0.3, 0.4) is 0 Å². The minimum Gasteiger partial charge on any atom is -0.464 e. The van der Waals surface area contributed by atoms with Crippen molar-refractivity contribution in [3.05, 3.63) is 11.5 Å². The van der Waals surface area contributed by atoms with E-state index >= 15 is 0 Å². The van der Waals surface area contributed by atoms with Crippen LogP contribution in [0.15, 0.2) is 0 Å². The van der Waals surface area contributed by atoms with Crippen molar-refractivity contribution in [2.75, 3.05) is 12.8 Å². The molecule has 2 rings (SSSR count).